The van der Waals surface area contributed by atoms with Gasteiger partial charge in [0.25, 0.3) is 0 Å². The lowest BCUT2D eigenvalue weighted by molar-refractivity contribution is 0.100. The van der Waals surface area contributed by atoms with Crippen molar-refractivity contribution >= 4 is 17.4 Å². The van der Waals surface area contributed by atoms with Crippen LogP contribution >= 0.6 is 0 Å². The molecule has 4 N–H and O–H groups in total. The van der Waals surface area contributed by atoms with Gasteiger partial charge in [-0.1, -0.05) is 18.2 Å². The minimum absolute atomic E-state index is 0.0176. The van der Waals surface area contributed by atoms with Gasteiger partial charge < -0.3 is 16.2 Å². The Kier molecular flexibility index (Phi) is 4.49. The summed E-state index contributed by atoms with van der Waals surface area (Å²) in [4.78, 5) is 19.6. The highest BCUT2D eigenvalue weighted by atomic mass is 16.3. The molecule has 0 spiro atoms. The number of aromatic nitrogens is 2. The summed E-state index contributed by atoms with van der Waals surface area (Å²) >= 11 is 0. The van der Waals surface area contributed by atoms with Gasteiger partial charge in [-0.2, -0.15) is 0 Å². The number of carbonyl (C=O) groups is 1. The lowest BCUT2D eigenvalue weighted by Gasteiger charge is -2.08. The summed E-state index contributed by atoms with van der Waals surface area (Å²) in [6.07, 6.45) is 1.47. The lowest BCUT2D eigenvalue weighted by Crippen LogP contribution is -2.10. The molecule has 3 aromatic rings. The number of aliphatic hydroxyl groups excluding tert-OH is 1. The molecule has 24 heavy (non-hydrogen) atoms. The molecule has 3 rings (SSSR count). The fraction of sp³-hybridized carbons (Fsp3) is 0.0556. The van der Waals surface area contributed by atoms with Gasteiger partial charge in [-0.15, -0.1) is 0 Å². The molecule has 0 bridgehead atoms. The van der Waals surface area contributed by atoms with Crippen LogP contribution in [0.15, 0.2) is 60.9 Å². The van der Waals surface area contributed by atoms with Crippen LogP contribution in [-0.2, 0) is 6.61 Å². The number of carbonyl (C=O) groups excluding carboxylic acids is 1. The molecule has 1 amide bonds. The summed E-state index contributed by atoms with van der Waals surface area (Å²) in [7, 11) is 0. The van der Waals surface area contributed by atoms with E-state index in [2.05, 4.69) is 15.3 Å². The largest absolute Gasteiger partial charge is 0.392 e. The van der Waals surface area contributed by atoms with Gasteiger partial charge in [-0.3, -0.25) is 4.79 Å². The topological polar surface area (TPSA) is 101 Å². The molecule has 0 aliphatic carbocycles. The number of aliphatic hydroxyl groups is 1. The number of hydrogen-bond donors (Lipinski definition) is 3. The fourth-order valence-corrected chi connectivity index (χ4v) is 2.28. The molecule has 0 unspecified atom stereocenters. The van der Waals surface area contributed by atoms with Crippen molar-refractivity contribution < 1.29 is 9.90 Å². The average molecular weight is 320 g/mol. The van der Waals surface area contributed by atoms with Crippen LogP contribution in [-0.4, -0.2) is 21.0 Å². The summed E-state index contributed by atoms with van der Waals surface area (Å²) in [6.45, 7) is -0.0176. The zero-order chi connectivity index (χ0) is 16.9. The van der Waals surface area contributed by atoms with E-state index in [-0.39, 0.29) is 6.61 Å². The second-order valence-corrected chi connectivity index (χ2v) is 5.21. The van der Waals surface area contributed by atoms with E-state index in [4.69, 9.17) is 5.73 Å². The molecule has 6 nitrogen and oxygen atoms in total. The van der Waals surface area contributed by atoms with E-state index in [1.807, 2.05) is 30.3 Å². The van der Waals surface area contributed by atoms with Crippen molar-refractivity contribution in [1.29, 1.82) is 0 Å². The summed E-state index contributed by atoms with van der Waals surface area (Å²) in [5, 5.41) is 12.4. The average Bonchev–Trinajstić information content (AvgIpc) is 2.62. The van der Waals surface area contributed by atoms with E-state index in [0.29, 0.717) is 11.4 Å². The third-order valence-electron chi connectivity index (χ3n) is 3.51. The predicted molar refractivity (Wildman–Crippen MR) is 91.6 cm³/mol. The van der Waals surface area contributed by atoms with Crippen molar-refractivity contribution in [2.24, 2.45) is 5.73 Å². The first-order chi connectivity index (χ1) is 11.7. The van der Waals surface area contributed by atoms with E-state index >= 15 is 0 Å². The quantitative estimate of drug-likeness (QED) is 0.670. The number of rotatable bonds is 5. The number of hydrogen-bond acceptors (Lipinski definition) is 5. The Morgan fingerprint density at radius 3 is 2.58 bits per heavy atom. The van der Waals surface area contributed by atoms with Crippen molar-refractivity contribution in [3.8, 4) is 11.3 Å². The molecule has 6 heteroatoms. The first kappa shape index (κ1) is 15.6. The molecule has 1 aromatic heterocycles. The lowest BCUT2D eigenvalue weighted by atomic mass is 10.1. The van der Waals surface area contributed by atoms with Crippen molar-refractivity contribution in [2.75, 3.05) is 5.32 Å². The molecule has 0 saturated carbocycles. The molecule has 0 saturated heterocycles. The Hall–Kier alpha value is -3.25. The third kappa shape index (κ3) is 3.56. The van der Waals surface area contributed by atoms with E-state index in [1.165, 1.54) is 6.33 Å². The predicted octanol–water partition coefficient (Wildman–Crippen LogP) is 2.48. The fourth-order valence-electron chi connectivity index (χ4n) is 2.28. The van der Waals surface area contributed by atoms with E-state index < -0.39 is 5.91 Å². The summed E-state index contributed by atoms with van der Waals surface area (Å²) < 4.78 is 0. The molecule has 0 aliphatic heterocycles. The van der Waals surface area contributed by atoms with Crippen molar-refractivity contribution in [3.63, 3.8) is 0 Å². The minimum Gasteiger partial charge on any atom is -0.392 e. The minimum atomic E-state index is -0.463. The maximum Gasteiger partial charge on any atom is 0.248 e. The summed E-state index contributed by atoms with van der Waals surface area (Å²) in [5.41, 5.74) is 8.93. The smallest absolute Gasteiger partial charge is 0.248 e. The van der Waals surface area contributed by atoms with E-state index in [9.17, 15) is 9.90 Å². The summed E-state index contributed by atoms with van der Waals surface area (Å²) in [5.74, 6) is 0.163. The highest BCUT2D eigenvalue weighted by Gasteiger charge is 2.04. The standard InChI is InChI=1S/C18H16N4O2/c19-18(24)13-4-6-15(7-5-13)22-17-9-16(20-11-21-17)14-3-1-2-12(8-14)10-23/h1-9,11,23H,10H2,(H2,19,24)(H,20,21,22). The molecule has 0 fully saturated rings. The second-order valence-electron chi connectivity index (χ2n) is 5.21. The van der Waals surface area contributed by atoms with Crippen LogP contribution in [0.5, 0.6) is 0 Å². The number of benzene rings is 2. The summed E-state index contributed by atoms with van der Waals surface area (Å²) in [6, 6.07) is 16.2. The zero-order valence-corrected chi connectivity index (χ0v) is 12.8. The first-order valence-electron chi connectivity index (χ1n) is 7.35. The van der Waals surface area contributed by atoms with Crippen molar-refractivity contribution in [2.45, 2.75) is 6.61 Å². The van der Waals surface area contributed by atoms with Crippen LogP contribution in [0.2, 0.25) is 0 Å². The third-order valence-corrected chi connectivity index (χ3v) is 3.51. The van der Waals surface area contributed by atoms with Gasteiger partial charge in [0, 0.05) is 22.9 Å². The van der Waals surface area contributed by atoms with Crippen LogP contribution in [0.3, 0.4) is 0 Å². The Balaban J connectivity index is 1.83. The first-order valence-corrected chi connectivity index (χ1v) is 7.35. The number of amides is 1. The Morgan fingerprint density at radius 2 is 1.88 bits per heavy atom. The highest BCUT2D eigenvalue weighted by molar-refractivity contribution is 5.93. The number of nitrogens with two attached hydrogens (primary N) is 1. The van der Waals surface area contributed by atoms with Crippen LogP contribution in [0.1, 0.15) is 15.9 Å². The molecule has 0 radical (unpaired) electrons. The Bertz CT molecular complexity index is 863. The van der Waals surface area contributed by atoms with Gasteiger partial charge in [0.1, 0.15) is 12.1 Å². The van der Waals surface area contributed by atoms with Crippen molar-refractivity contribution in [3.05, 3.63) is 72.1 Å². The molecular formula is C18H16N4O2. The van der Waals surface area contributed by atoms with Gasteiger partial charge in [-0.25, -0.2) is 9.97 Å². The van der Waals surface area contributed by atoms with Crippen LogP contribution < -0.4 is 11.1 Å². The SMILES string of the molecule is NC(=O)c1ccc(Nc2cc(-c3cccc(CO)c3)ncn2)cc1. The molecule has 2 aromatic carbocycles. The van der Waals surface area contributed by atoms with E-state index in [1.54, 1.807) is 24.3 Å². The molecule has 0 atom stereocenters. The van der Waals surface area contributed by atoms with Gasteiger partial charge in [0.2, 0.25) is 5.91 Å². The molecule has 120 valence electrons. The Labute approximate surface area is 139 Å². The highest BCUT2D eigenvalue weighted by Crippen LogP contribution is 2.22. The zero-order valence-electron chi connectivity index (χ0n) is 12.8. The van der Waals surface area contributed by atoms with Crippen molar-refractivity contribution in [1.82, 2.24) is 9.97 Å². The van der Waals surface area contributed by atoms with Crippen LogP contribution in [0.25, 0.3) is 11.3 Å². The second kappa shape index (κ2) is 6.89. The van der Waals surface area contributed by atoms with Gasteiger partial charge in [0.05, 0.1) is 12.3 Å². The number of nitrogens with one attached hydrogen (secondary N) is 1. The number of anilines is 2. The van der Waals surface area contributed by atoms with Crippen LogP contribution in [0, 0.1) is 0 Å². The molecule has 1 heterocycles. The molecular weight excluding hydrogens is 304 g/mol. The number of primary amides is 1. The normalized spacial score (nSPS) is 10.4. The monoisotopic (exact) mass is 320 g/mol. The number of nitrogens with zero attached hydrogens (tertiary/aromatic N) is 2. The maximum atomic E-state index is 11.1. The van der Waals surface area contributed by atoms with Gasteiger partial charge in [0.15, 0.2) is 0 Å². The van der Waals surface area contributed by atoms with Gasteiger partial charge in [-0.05, 0) is 35.9 Å². The van der Waals surface area contributed by atoms with Crippen LogP contribution in [0.4, 0.5) is 11.5 Å². The van der Waals surface area contributed by atoms with Gasteiger partial charge >= 0.3 is 0 Å². The Morgan fingerprint density at radius 1 is 1.08 bits per heavy atom. The molecule has 0 aliphatic rings. The maximum absolute atomic E-state index is 11.1. The van der Waals surface area contributed by atoms with E-state index in [0.717, 1.165) is 22.5 Å².